The van der Waals surface area contributed by atoms with Crippen molar-refractivity contribution in [3.05, 3.63) is 71.3 Å². The smallest absolute Gasteiger partial charge is 0.193 e. The lowest BCUT2D eigenvalue weighted by molar-refractivity contribution is 0.197. The van der Waals surface area contributed by atoms with Crippen molar-refractivity contribution in [3.8, 4) is 5.13 Å². The fraction of sp³-hybridized carbons (Fsp3) is 0.278. The van der Waals surface area contributed by atoms with Crippen molar-refractivity contribution >= 4 is 11.3 Å². The summed E-state index contributed by atoms with van der Waals surface area (Å²) in [4.78, 5) is 14.8. The van der Waals surface area contributed by atoms with Gasteiger partial charge in [-0.2, -0.15) is 5.10 Å². The third-order valence-electron chi connectivity index (χ3n) is 4.89. The summed E-state index contributed by atoms with van der Waals surface area (Å²) < 4.78 is 4.03. The lowest BCUT2D eigenvalue weighted by Crippen LogP contribution is -2.36. The van der Waals surface area contributed by atoms with E-state index < -0.39 is 0 Å². The summed E-state index contributed by atoms with van der Waals surface area (Å²) in [6.45, 7) is 1.80. The Balaban J connectivity index is 1.51. The van der Waals surface area contributed by atoms with Gasteiger partial charge in [0.1, 0.15) is 0 Å². The quantitative estimate of drug-likeness (QED) is 0.603. The highest BCUT2D eigenvalue weighted by molar-refractivity contribution is 7.12. The van der Waals surface area contributed by atoms with Gasteiger partial charge in [-0.15, -0.1) is 11.3 Å². The van der Waals surface area contributed by atoms with Crippen molar-refractivity contribution in [2.75, 3.05) is 6.54 Å². The van der Waals surface area contributed by atoms with E-state index in [2.05, 4.69) is 54.0 Å². The maximum Gasteiger partial charge on any atom is 0.193 e. The molecule has 0 radical (unpaired) electrons. The minimum absolute atomic E-state index is 0.110. The van der Waals surface area contributed by atoms with Gasteiger partial charge in [-0.25, -0.2) is 9.97 Å². The molecule has 0 amide bonds. The molecule has 26 heavy (non-hydrogen) atoms. The van der Waals surface area contributed by atoms with Crippen LogP contribution in [0, 0.1) is 0 Å². The van der Waals surface area contributed by atoms with Gasteiger partial charge in [-0.1, -0.05) is 0 Å². The first kappa shape index (κ1) is 15.5. The molecule has 5 heterocycles. The van der Waals surface area contributed by atoms with E-state index in [1.54, 1.807) is 17.7 Å². The molecule has 0 fully saturated rings. The molecule has 4 aromatic heterocycles. The summed E-state index contributed by atoms with van der Waals surface area (Å²) >= 11 is 1.65. The Morgan fingerprint density at radius 1 is 1.35 bits per heavy atom. The molecule has 0 saturated heterocycles. The Morgan fingerprint density at radius 3 is 3.12 bits per heavy atom. The first-order chi connectivity index (χ1) is 12.8. The highest BCUT2D eigenvalue weighted by Gasteiger charge is 2.32. The van der Waals surface area contributed by atoms with E-state index in [4.69, 9.17) is 0 Å². The Labute approximate surface area is 154 Å². The maximum atomic E-state index is 4.62. The molecule has 132 valence electrons. The number of aromatic nitrogens is 6. The van der Waals surface area contributed by atoms with Gasteiger partial charge in [0.15, 0.2) is 5.13 Å². The second-order valence-electron chi connectivity index (χ2n) is 6.52. The number of imidazole rings is 1. The van der Waals surface area contributed by atoms with Crippen molar-refractivity contribution in [1.29, 1.82) is 0 Å². The average Bonchev–Trinajstić information content (AvgIpc) is 3.42. The molecular weight excluding hydrogens is 346 g/mol. The first-order valence-corrected chi connectivity index (χ1v) is 9.48. The van der Waals surface area contributed by atoms with E-state index in [1.165, 1.54) is 17.0 Å². The van der Waals surface area contributed by atoms with Crippen LogP contribution in [0.4, 0.5) is 0 Å². The Morgan fingerprint density at radius 2 is 2.31 bits per heavy atom. The molecule has 0 aliphatic carbocycles. The molecule has 4 aromatic rings. The number of rotatable bonds is 4. The highest BCUT2D eigenvalue weighted by Crippen LogP contribution is 2.34. The van der Waals surface area contributed by atoms with Gasteiger partial charge in [-0.3, -0.25) is 14.1 Å². The van der Waals surface area contributed by atoms with Crippen molar-refractivity contribution in [3.63, 3.8) is 0 Å². The number of hydrogen-bond donors (Lipinski definition) is 1. The van der Waals surface area contributed by atoms with Crippen molar-refractivity contribution in [2.24, 2.45) is 7.05 Å². The van der Waals surface area contributed by atoms with Crippen LogP contribution < -0.4 is 0 Å². The second-order valence-corrected chi connectivity index (χ2v) is 7.39. The number of nitrogens with one attached hydrogen (secondary N) is 1. The van der Waals surface area contributed by atoms with Crippen molar-refractivity contribution < 1.29 is 0 Å². The monoisotopic (exact) mass is 365 g/mol. The fourth-order valence-corrected chi connectivity index (χ4v) is 4.38. The zero-order chi connectivity index (χ0) is 17.5. The summed E-state index contributed by atoms with van der Waals surface area (Å²) in [6, 6.07) is 4.36. The zero-order valence-electron chi connectivity index (χ0n) is 14.4. The Kier molecular flexibility index (Phi) is 3.72. The van der Waals surface area contributed by atoms with Crippen LogP contribution in [0.15, 0.2) is 48.6 Å². The van der Waals surface area contributed by atoms with Crippen LogP contribution in [0.1, 0.15) is 28.7 Å². The van der Waals surface area contributed by atoms with Crippen LogP contribution in [0.5, 0.6) is 0 Å². The molecule has 0 bridgehead atoms. The SMILES string of the molecule is Cn1cc(C2c3nc[nH]c3CCN2Cc2cccn2-c2nccs2)cn1. The van der Waals surface area contributed by atoms with Gasteiger partial charge >= 0.3 is 0 Å². The summed E-state index contributed by atoms with van der Waals surface area (Å²) in [5.74, 6) is 0. The van der Waals surface area contributed by atoms with Crippen LogP contribution >= 0.6 is 11.3 Å². The topological polar surface area (TPSA) is 67.6 Å². The zero-order valence-corrected chi connectivity index (χ0v) is 15.2. The predicted octanol–water partition coefficient (Wildman–Crippen LogP) is 2.54. The third-order valence-corrected chi connectivity index (χ3v) is 5.66. The number of thiazole rings is 1. The Hall–Kier alpha value is -2.71. The highest BCUT2D eigenvalue weighted by atomic mass is 32.1. The molecule has 7 nitrogen and oxygen atoms in total. The molecular formula is C18H19N7S. The third kappa shape index (κ3) is 2.58. The average molecular weight is 365 g/mol. The summed E-state index contributed by atoms with van der Waals surface area (Å²) in [6.07, 6.45) is 10.7. The summed E-state index contributed by atoms with van der Waals surface area (Å²) in [5, 5.41) is 7.39. The van der Waals surface area contributed by atoms with Crippen LogP contribution in [0.3, 0.4) is 0 Å². The molecule has 5 rings (SSSR count). The van der Waals surface area contributed by atoms with Gasteiger partial charge in [0.2, 0.25) is 0 Å². The minimum atomic E-state index is 0.110. The standard InChI is InChI=1S/C18H19N7S/c1-23-10-13(9-22-23)17-16-15(20-12-21-16)4-7-24(17)11-14-3-2-6-25(14)18-19-5-8-26-18/h2-3,5-6,8-10,12,17H,4,7,11H2,1H3,(H,20,21). The van der Waals surface area contributed by atoms with E-state index in [1.807, 2.05) is 29.5 Å². The number of H-pyrrole nitrogens is 1. The molecule has 0 spiro atoms. The van der Waals surface area contributed by atoms with Gasteiger partial charge in [0, 0.05) is 67.5 Å². The summed E-state index contributed by atoms with van der Waals surface area (Å²) in [5.41, 5.74) is 4.74. The second kappa shape index (κ2) is 6.22. The van der Waals surface area contributed by atoms with Gasteiger partial charge in [0.25, 0.3) is 0 Å². The molecule has 0 saturated carbocycles. The van der Waals surface area contributed by atoms with Gasteiger partial charge in [0.05, 0.1) is 24.3 Å². The van der Waals surface area contributed by atoms with Gasteiger partial charge in [-0.05, 0) is 12.1 Å². The van der Waals surface area contributed by atoms with Gasteiger partial charge < -0.3 is 4.98 Å². The molecule has 1 aliphatic heterocycles. The molecule has 1 N–H and O–H groups in total. The maximum absolute atomic E-state index is 4.62. The predicted molar refractivity (Wildman–Crippen MR) is 99.2 cm³/mol. The fourth-order valence-electron chi connectivity index (χ4n) is 3.72. The number of aromatic amines is 1. The number of nitrogens with zero attached hydrogens (tertiary/aromatic N) is 6. The van der Waals surface area contributed by atoms with Crippen LogP contribution in [-0.4, -0.2) is 40.7 Å². The molecule has 1 atom stereocenters. The normalized spacial score (nSPS) is 17.5. The van der Waals surface area contributed by atoms with E-state index in [-0.39, 0.29) is 6.04 Å². The molecule has 1 aliphatic rings. The van der Waals surface area contributed by atoms with Crippen molar-refractivity contribution in [1.82, 2.24) is 34.2 Å². The Bertz CT molecular complexity index is 1010. The number of fused-ring (bicyclic) bond motifs is 1. The molecule has 8 heteroatoms. The summed E-state index contributed by atoms with van der Waals surface area (Å²) in [7, 11) is 1.95. The molecule has 0 aromatic carbocycles. The van der Waals surface area contributed by atoms with E-state index in [0.717, 1.165) is 30.3 Å². The van der Waals surface area contributed by atoms with Crippen molar-refractivity contribution in [2.45, 2.75) is 19.0 Å². The van der Waals surface area contributed by atoms with E-state index in [9.17, 15) is 0 Å². The van der Waals surface area contributed by atoms with E-state index in [0.29, 0.717) is 0 Å². The lowest BCUT2D eigenvalue weighted by atomic mass is 9.98. The first-order valence-electron chi connectivity index (χ1n) is 8.60. The largest absolute Gasteiger partial charge is 0.348 e. The van der Waals surface area contributed by atoms with Crippen LogP contribution in [0.2, 0.25) is 0 Å². The van der Waals surface area contributed by atoms with Crippen LogP contribution in [0.25, 0.3) is 5.13 Å². The minimum Gasteiger partial charge on any atom is -0.348 e. The van der Waals surface area contributed by atoms with Crippen LogP contribution in [-0.2, 0) is 20.0 Å². The van der Waals surface area contributed by atoms with E-state index >= 15 is 0 Å². The number of aryl methyl sites for hydroxylation is 1. The lowest BCUT2D eigenvalue weighted by Gasteiger charge is -2.34. The number of hydrogen-bond acceptors (Lipinski definition) is 5. The molecule has 1 unspecified atom stereocenters.